The number of furan rings is 1. The molecule has 10 nitrogen and oxygen atoms in total. The number of carboxylic acid groups (broad SMARTS) is 1. The minimum atomic E-state index is -1.23. The Balaban J connectivity index is 2.35. The first-order chi connectivity index (χ1) is 14.1. The molecule has 0 spiro atoms. The number of carboxylic acids is 1. The van der Waals surface area contributed by atoms with Crippen LogP contribution in [0.5, 0.6) is 0 Å². The van der Waals surface area contributed by atoms with E-state index >= 15 is 0 Å². The van der Waals surface area contributed by atoms with Gasteiger partial charge in [-0.1, -0.05) is 13.8 Å². The van der Waals surface area contributed by atoms with Crippen LogP contribution >= 0.6 is 15.9 Å². The standard InChI is InChI=1S/C19H18BrN3O7/c1-10(2)16(19(26)27)22-17(24)13(21-18(25)14-7-8-15(20)30-14)9-11-3-5-12(6-4-11)23(28)29/h3-10,16H,1-2H3,(H,21,25)(H,22,24)(H,26,27)/b13-9-/t16-/m0/s1. The molecule has 2 amide bonds. The largest absolute Gasteiger partial charge is 0.480 e. The van der Waals surface area contributed by atoms with E-state index in [1.54, 1.807) is 13.8 Å². The number of hydrogen-bond donors (Lipinski definition) is 3. The van der Waals surface area contributed by atoms with E-state index in [2.05, 4.69) is 26.6 Å². The maximum absolute atomic E-state index is 12.7. The normalized spacial score (nSPS) is 12.3. The van der Waals surface area contributed by atoms with Crippen LogP contribution in [0.15, 0.2) is 51.2 Å². The van der Waals surface area contributed by atoms with Gasteiger partial charge in [-0.2, -0.15) is 0 Å². The summed E-state index contributed by atoms with van der Waals surface area (Å²) in [4.78, 5) is 46.7. The summed E-state index contributed by atoms with van der Waals surface area (Å²) in [5, 5.41) is 24.8. The topological polar surface area (TPSA) is 152 Å². The molecule has 0 saturated carbocycles. The number of carbonyl (C=O) groups is 3. The van der Waals surface area contributed by atoms with Gasteiger partial charge < -0.3 is 20.2 Å². The van der Waals surface area contributed by atoms with Crippen molar-refractivity contribution in [1.82, 2.24) is 10.6 Å². The van der Waals surface area contributed by atoms with Crippen molar-refractivity contribution in [2.45, 2.75) is 19.9 Å². The number of aliphatic carboxylic acids is 1. The number of halogens is 1. The second-order valence-corrected chi connectivity index (χ2v) is 7.28. The smallest absolute Gasteiger partial charge is 0.326 e. The quantitative estimate of drug-likeness (QED) is 0.298. The summed E-state index contributed by atoms with van der Waals surface area (Å²) in [6.45, 7) is 3.25. The Labute approximate surface area is 179 Å². The van der Waals surface area contributed by atoms with Gasteiger partial charge in [0.15, 0.2) is 10.4 Å². The molecule has 1 aromatic carbocycles. The molecule has 0 fully saturated rings. The van der Waals surface area contributed by atoms with Gasteiger partial charge in [-0.05, 0) is 57.8 Å². The Kier molecular flexibility index (Phi) is 7.48. The van der Waals surface area contributed by atoms with Crippen molar-refractivity contribution in [1.29, 1.82) is 0 Å². The highest BCUT2D eigenvalue weighted by molar-refractivity contribution is 9.10. The van der Waals surface area contributed by atoms with E-state index in [0.717, 1.165) is 0 Å². The molecule has 1 aromatic heterocycles. The Morgan fingerprint density at radius 2 is 1.80 bits per heavy atom. The maximum Gasteiger partial charge on any atom is 0.326 e. The lowest BCUT2D eigenvalue weighted by molar-refractivity contribution is -0.384. The molecule has 0 bridgehead atoms. The molecule has 11 heteroatoms. The van der Waals surface area contributed by atoms with Crippen molar-refractivity contribution in [2.24, 2.45) is 5.92 Å². The number of carbonyl (C=O) groups excluding carboxylic acids is 2. The molecule has 3 N–H and O–H groups in total. The fourth-order valence-electron chi connectivity index (χ4n) is 2.37. The Morgan fingerprint density at radius 3 is 2.27 bits per heavy atom. The zero-order chi connectivity index (χ0) is 22.4. The first-order valence-corrected chi connectivity index (χ1v) is 9.44. The molecule has 1 atom stereocenters. The second kappa shape index (κ2) is 9.83. The lowest BCUT2D eigenvalue weighted by Gasteiger charge is -2.19. The SMILES string of the molecule is CC(C)[C@H](NC(=O)/C(=C/c1ccc([N+](=O)[O-])cc1)NC(=O)c1ccc(Br)o1)C(=O)O. The third-order valence-electron chi connectivity index (χ3n) is 3.92. The van der Waals surface area contributed by atoms with Crippen LogP contribution in [0.25, 0.3) is 6.08 Å². The number of hydrogen-bond acceptors (Lipinski definition) is 6. The van der Waals surface area contributed by atoms with Crippen LogP contribution in [0, 0.1) is 16.0 Å². The highest BCUT2D eigenvalue weighted by Crippen LogP contribution is 2.16. The second-order valence-electron chi connectivity index (χ2n) is 6.50. The van der Waals surface area contributed by atoms with Crippen LogP contribution in [0.3, 0.4) is 0 Å². The number of amides is 2. The van der Waals surface area contributed by atoms with E-state index in [0.29, 0.717) is 10.2 Å². The molecule has 0 unspecified atom stereocenters. The molecule has 0 saturated heterocycles. The Morgan fingerprint density at radius 1 is 1.17 bits per heavy atom. The van der Waals surface area contributed by atoms with Crippen molar-refractivity contribution in [3.63, 3.8) is 0 Å². The molecular formula is C19H18BrN3O7. The summed E-state index contributed by atoms with van der Waals surface area (Å²) in [5.41, 5.74) is -0.0234. The number of benzene rings is 1. The lowest BCUT2D eigenvalue weighted by Crippen LogP contribution is -2.47. The van der Waals surface area contributed by atoms with E-state index < -0.39 is 34.7 Å². The summed E-state index contributed by atoms with van der Waals surface area (Å²) in [5.74, 6) is -3.30. The van der Waals surface area contributed by atoms with Gasteiger partial charge in [0.1, 0.15) is 11.7 Å². The molecule has 0 aliphatic heterocycles. The number of nitro benzene ring substituents is 1. The van der Waals surface area contributed by atoms with Crippen molar-refractivity contribution in [3.05, 3.63) is 68.2 Å². The molecule has 0 aliphatic carbocycles. The van der Waals surface area contributed by atoms with Gasteiger partial charge in [-0.3, -0.25) is 19.7 Å². The molecule has 158 valence electrons. The first-order valence-electron chi connectivity index (χ1n) is 8.65. The lowest BCUT2D eigenvalue weighted by atomic mass is 10.0. The van der Waals surface area contributed by atoms with Gasteiger partial charge in [0.25, 0.3) is 17.5 Å². The molecule has 0 radical (unpaired) electrons. The van der Waals surface area contributed by atoms with Gasteiger partial charge >= 0.3 is 5.97 Å². The summed E-state index contributed by atoms with van der Waals surface area (Å²) < 4.78 is 5.46. The predicted octanol–water partition coefficient (Wildman–Crippen LogP) is 2.95. The van der Waals surface area contributed by atoms with Gasteiger partial charge in [0, 0.05) is 12.1 Å². The van der Waals surface area contributed by atoms with Crippen molar-refractivity contribution in [3.8, 4) is 0 Å². The van der Waals surface area contributed by atoms with E-state index in [-0.39, 0.29) is 17.1 Å². The van der Waals surface area contributed by atoms with Crippen molar-refractivity contribution < 1.29 is 28.8 Å². The monoisotopic (exact) mass is 479 g/mol. The number of rotatable bonds is 8. The average Bonchev–Trinajstić information content (AvgIpc) is 3.11. The summed E-state index contributed by atoms with van der Waals surface area (Å²) >= 11 is 3.07. The molecular weight excluding hydrogens is 462 g/mol. The molecule has 2 rings (SSSR count). The molecule has 1 heterocycles. The van der Waals surface area contributed by atoms with E-state index in [9.17, 15) is 29.6 Å². The molecule has 0 aliphatic rings. The van der Waals surface area contributed by atoms with E-state index in [4.69, 9.17) is 4.42 Å². The molecule has 30 heavy (non-hydrogen) atoms. The maximum atomic E-state index is 12.7. The fourth-order valence-corrected chi connectivity index (χ4v) is 2.68. The highest BCUT2D eigenvalue weighted by Gasteiger charge is 2.26. The van der Waals surface area contributed by atoms with E-state index in [1.165, 1.54) is 42.5 Å². The number of non-ortho nitro benzene ring substituents is 1. The van der Waals surface area contributed by atoms with Crippen LogP contribution in [-0.2, 0) is 9.59 Å². The van der Waals surface area contributed by atoms with Crippen LogP contribution in [0.2, 0.25) is 0 Å². The van der Waals surface area contributed by atoms with Crippen molar-refractivity contribution >= 4 is 45.5 Å². The summed E-state index contributed by atoms with van der Waals surface area (Å²) in [7, 11) is 0. The Bertz CT molecular complexity index is 996. The minimum Gasteiger partial charge on any atom is -0.480 e. The summed E-state index contributed by atoms with van der Waals surface area (Å²) in [6, 6.07) is 6.94. The number of nitrogens with one attached hydrogen (secondary N) is 2. The number of nitrogens with zero attached hydrogens (tertiary/aromatic N) is 1. The Hall–Kier alpha value is -3.47. The van der Waals surface area contributed by atoms with Crippen LogP contribution in [-0.4, -0.2) is 33.9 Å². The third kappa shape index (κ3) is 6.01. The fraction of sp³-hybridized carbons (Fsp3) is 0.211. The minimum absolute atomic E-state index is 0.0806. The van der Waals surface area contributed by atoms with Gasteiger partial charge in [-0.15, -0.1) is 0 Å². The van der Waals surface area contributed by atoms with Gasteiger partial charge in [0.2, 0.25) is 0 Å². The average molecular weight is 480 g/mol. The zero-order valence-corrected chi connectivity index (χ0v) is 17.5. The van der Waals surface area contributed by atoms with Crippen LogP contribution in [0.1, 0.15) is 30.0 Å². The third-order valence-corrected chi connectivity index (χ3v) is 4.35. The van der Waals surface area contributed by atoms with Gasteiger partial charge in [0.05, 0.1) is 4.92 Å². The van der Waals surface area contributed by atoms with Crippen molar-refractivity contribution in [2.75, 3.05) is 0 Å². The van der Waals surface area contributed by atoms with Gasteiger partial charge in [-0.25, -0.2) is 4.79 Å². The molecule has 2 aromatic rings. The zero-order valence-electron chi connectivity index (χ0n) is 15.9. The van der Waals surface area contributed by atoms with Crippen LogP contribution < -0.4 is 10.6 Å². The predicted molar refractivity (Wildman–Crippen MR) is 109 cm³/mol. The van der Waals surface area contributed by atoms with Crippen LogP contribution in [0.4, 0.5) is 5.69 Å². The van der Waals surface area contributed by atoms with E-state index in [1.807, 2.05) is 0 Å². The highest BCUT2D eigenvalue weighted by atomic mass is 79.9. The number of nitro groups is 1. The summed E-state index contributed by atoms with van der Waals surface area (Å²) in [6.07, 6.45) is 1.27. The first kappa shape index (κ1) is 22.8.